The van der Waals surface area contributed by atoms with Gasteiger partial charge in [-0.1, -0.05) is 36.4 Å². The summed E-state index contributed by atoms with van der Waals surface area (Å²) in [5.74, 6) is -0.471. The number of rotatable bonds is 12. The molecule has 3 rings (SSSR count). The molecule has 9 nitrogen and oxygen atoms in total. The van der Waals surface area contributed by atoms with Crippen LogP contribution in [0.15, 0.2) is 78.2 Å². The Morgan fingerprint density at radius 2 is 1.89 bits per heavy atom. The SMILES string of the molecule is CCOC(=O)COCC(C)(C=Nn1cccc1)c1ccc(N(C)Cc2ccccc2)c([N+](=O)[O-])c1. The lowest BCUT2D eigenvalue weighted by atomic mass is 9.84. The van der Waals surface area contributed by atoms with Crippen molar-refractivity contribution in [2.45, 2.75) is 25.8 Å². The van der Waals surface area contributed by atoms with Crippen molar-refractivity contribution >= 4 is 23.6 Å². The molecule has 9 heteroatoms. The molecule has 0 saturated heterocycles. The number of aromatic nitrogens is 1. The third-order valence-electron chi connectivity index (χ3n) is 5.50. The third-order valence-corrected chi connectivity index (χ3v) is 5.50. The molecular weight excluding hydrogens is 448 g/mol. The zero-order valence-corrected chi connectivity index (χ0v) is 20.2. The highest BCUT2D eigenvalue weighted by molar-refractivity contribution is 5.76. The molecule has 35 heavy (non-hydrogen) atoms. The van der Waals surface area contributed by atoms with Crippen molar-refractivity contribution in [2.24, 2.45) is 5.10 Å². The first-order valence-corrected chi connectivity index (χ1v) is 11.3. The van der Waals surface area contributed by atoms with Crippen LogP contribution in [0.4, 0.5) is 11.4 Å². The second-order valence-corrected chi connectivity index (χ2v) is 8.33. The molecule has 1 unspecified atom stereocenters. The zero-order chi connectivity index (χ0) is 25.3. The van der Waals surface area contributed by atoms with Gasteiger partial charge in [-0.3, -0.25) is 10.1 Å². The Morgan fingerprint density at radius 1 is 1.17 bits per heavy atom. The highest BCUT2D eigenvalue weighted by Crippen LogP contribution is 2.34. The molecule has 1 heterocycles. The molecule has 0 spiro atoms. The highest BCUT2D eigenvalue weighted by atomic mass is 16.6. The van der Waals surface area contributed by atoms with Crippen LogP contribution in [0.5, 0.6) is 0 Å². The molecule has 0 aliphatic rings. The molecule has 0 radical (unpaired) electrons. The number of nitro benzene ring substituents is 1. The Labute approximate surface area is 204 Å². The van der Waals surface area contributed by atoms with Crippen molar-refractivity contribution in [3.8, 4) is 0 Å². The summed E-state index contributed by atoms with van der Waals surface area (Å²) in [6, 6.07) is 18.6. The van der Waals surface area contributed by atoms with Gasteiger partial charge in [0.25, 0.3) is 5.69 Å². The van der Waals surface area contributed by atoms with Gasteiger partial charge in [0.05, 0.1) is 23.6 Å². The van der Waals surface area contributed by atoms with Crippen LogP contribution in [0.2, 0.25) is 0 Å². The number of nitro groups is 1. The summed E-state index contributed by atoms with van der Waals surface area (Å²) in [7, 11) is 1.82. The Balaban J connectivity index is 1.91. The second-order valence-electron chi connectivity index (χ2n) is 8.33. The van der Waals surface area contributed by atoms with Gasteiger partial charge in [-0.15, -0.1) is 0 Å². The van der Waals surface area contributed by atoms with Gasteiger partial charge in [-0.05, 0) is 43.2 Å². The quantitative estimate of drug-likeness (QED) is 0.166. The number of esters is 1. The topological polar surface area (TPSA) is 99.2 Å². The van der Waals surface area contributed by atoms with Gasteiger partial charge in [-0.25, -0.2) is 9.47 Å². The molecule has 0 aliphatic carbocycles. The third kappa shape index (κ3) is 7.00. The van der Waals surface area contributed by atoms with E-state index in [4.69, 9.17) is 9.47 Å². The summed E-state index contributed by atoms with van der Waals surface area (Å²) in [5, 5.41) is 16.5. The van der Waals surface area contributed by atoms with Crippen LogP contribution >= 0.6 is 0 Å². The number of benzene rings is 2. The van der Waals surface area contributed by atoms with Gasteiger partial charge < -0.3 is 14.4 Å². The van der Waals surface area contributed by atoms with Gasteiger partial charge >= 0.3 is 5.97 Å². The number of carbonyl (C=O) groups is 1. The van der Waals surface area contributed by atoms with Crippen molar-refractivity contribution < 1.29 is 19.2 Å². The van der Waals surface area contributed by atoms with Crippen LogP contribution in [-0.2, 0) is 26.2 Å². The van der Waals surface area contributed by atoms with Crippen LogP contribution in [-0.4, -0.2) is 48.7 Å². The van der Waals surface area contributed by atoms with Gasteiger partial charge in [-0.2, -0.15) is 5.10 Å². The highest BCUT2D eigenvalue weighted by Gasteiger charge is 2.30. The largest absolute Gasteiger partial charge is 0.464 e. The molecule has 3 aromatic rings. The number of hydrogen-bond donors (Lipinski definition) is 0. The van der Waals surface area contributed by atoms with Crippen LogP contribution in [0.1, 0.15) is 25.0 Å². The minimum absolute atomic E-state index is 0.0214. The summed E-state index contributed by atoms with van der Waals surface area (Å²) < 4.78 is 12.2. The van der Waals surface area contributed by atoms with E-state index in [9.17, 15) is 14.9 Å². The second kappa shape index (κ2) is 11.9. The van der Waals surface area contributed by atoms with Gasteiger partial charge in [0.1, 0.15) is 12.3 Å². The Morgan fingerprint density at radius 3 is 2.54 bits per heavy atom. The van der Waals surface area contributed by atoms with Crippen LogP contribution in [0, 0.1) is 10.1 Å². The predicted octanol–water partition coefficient (Wildman–Crippen LogP) is 4.40. The number of carbonyl (C=O) groups excluding carboxylic acids is 1. The van der Waals surface area contributed by atoms with Gasteiger partial charge in [0, 0.05) is 38.3 Å². The maximum Gasteiger partial charge on any atom is 0.332 e. The Bertz CT molecular complexity index is 1150. The maximum atomic E-state index is 12.0. The first kappa shape index (κ1) is 25.6. The fourth-order valence-electron chi connectivity index (χ4n) is 3.63. The summed E-state index contributed by atoms with van der Waals surface area (Å²) in [6.45, 7) is 4.22. The Kier molecular flexibility index (Phi) is 8.74. The smallest absolute Gasteiger partial charge is 0.332 e. The normalized spacial score (nSPS) is 12.9. The fourth-order valence-corrected chi connectivity index (χ4v) is 3.63. The van der Waals surface area contributed by atoms with Crippen LogP contribution in [0.3, 0.4) is 0 Å². The number of hydrogen-bond acceptors (Lipinski definition) is 7. The number of nitrogens with zero attached hydrogens (tertiary/aromatic N) is 4. The summed E-state index contributed by atoms with van der Waals surface area (Å²) in [4.78, 5) is 25.2. The summed E-state index contributed by atoms with van der Waals surface area (Å²) >= 11 is 0. The van der Waals surface area contributed by atoms with Gasteiger partial charge in [0.15, 0.2) is 0 Å². The molecule has 0 fully saturated rings. The zero-order valence-electron chi connectivity index (χ0n) is 20.2. The lowest BCUT2D eigenvalue weighted by Gasteiger charge is -2.27. The van der Waals surface area contributed by atoms with E-state index in [1.807, 2.05) is 67.4 Å². The van der Waals surface area contributed by atoms with E-state index in [0.29, 0.717) is 17.8 Å². The minimum Gasteiger partial charge on any atom is -0.464 e. The molecular formula is C26H30N4O5. The lowest BCUT2D eigenvalue weighted by molar-refractivity contribution is -0.384. The van der Waals surface area contributed by atoms with E-state index in [0.717, 1.165) is 5.56 Å². The predicted molar refractivity (Wildman–Crippen MR) is 135 cm³/mol. The molecule has 184 valence electrons. The summed E-state index contributed by atoms with van der Waals surface area (Å²) in [6.07, 6.45) is 5.23. The van der Waals surface area contributed by atoms with E-state index < -0.39 is 11.4 Å². The van der Waals surface area contributed by atoms with Gasteiger partial charge in [0.2, 0.25) is 0 Å². The van der Waals surface area contributed by atoms with Crippen molar-refractivity contribution in [2.75, 3.05) is 31.8 Å². The lowest BCUT2D eigenvalue weighted by Crippen LogP contribution is -2.32. The fraction of sp³-hybridized carbons (Fsp3) is 0.308. The molecule has 0 saturated carbocycles. The minimum atomic E-state index is -0.849. The van der Waals surface area contributed by atoms with E-state index in [2.05, 4.69) is 5.10 Å². The first-order chi connectivity index (χ1) is 16.8. The van der Waals surface area contributed by atoms with Crippen LogP contribution in [0.25, 0.3) is 0 Å². The summed E-state index contributed by atoms with van der Waals surface area (Å²) in [5.41, 5.74) is 1.31. The first-order valence-electron chi connectivity index (χ1n) is 11.3. The van der Waals surface area contributed by atoms with Crippen molar-refractivity contribution in [3.63, 3.8) is 0 Å². The molecule has 1 atom stereocenters. The molecule has 1 aromatic heterocycles. The van der Waals surface area contributed by atoms with E-state index in [1.165, 1.54) is 0 Å². The van der Waals surface area contributed by atoms with Crippen molar-refractivity contribution in [1.29, 1.82) is 0 Å². The average molecular weight is 479 g/mol. The average Bonchev–Trinajstić information content (AvgIpc) is 3.37. The molecule has 0 bridgehead atoms. The van der Waals surface area contributed by atoms with E-state index in [1.54, 1.807) is 42.3 Å². The molecule has 0 N–H and O–H groups in total. The van der Waals surface area contributed by atoms with Crippen molar-refractivity contribution in [3.05, 3.63) is 94.3 Å². The molecule has 0 amide bonds. The Hall–Kier alpha value is -3.98. The monoisotopic (exact) mass is 478 g/mol. The van der Waals surface area contributed by atoms with Crippen LogP contribution < -0.4 is 4.90 Å². The maximum absolute atomic E-state index is 12.0. The van der Waals surface area contributed by atoms with E-state index in [-0.39, 0.29) is 30.4 Å². The van der Waals surface area contributed by atoms with E-state index >= 15 is 0 Å². The molecule has 2 aromatic carbocycles. The number of ether oxygens (including phenoxy) is 2. The number of anilines is 1. The molecule has 0 aliphatic heterocycles. The standard InChI is InChI=1S/C26H30N4O5/c1-4-35-25(31)18-34-20-26(2,19-27-29-14-8-9-15-29)22-12-13-23(24(16-22)30(32)33)28(3)17-21-10-6-5-7-11-21/h5-16,19H,4,17-18,20H2,1-3H3. The van der Waals surface area contributed by atoms with Crippen molar-refractivity contribution in [1.82, 2.24) is 4.68 Å².